The molecule has 284 valence electrons. The molecule has 0 fully saturated rings. The van der Waals surface area contributed by atoms with Gasteiger partial charge in [-0.3, -0.25) is 0 Å². The molecule has 0 saturated carbocycles. The van der Waals surface area contributed by atoms with Crippen molar-refractivity contribution in [2.75, 3.05) is 4.90 Å². The van der Waals surface area contributed by atoms with Gasteiger partial charge in [-0.1, -0.05) is 172 Å². The lowest BCUT2D eigenvalue weighted by molar-refractivity contribution is 0.636. The van der Waals surface area contributed by atoms with Gasteiger partial charge >= 0.3 is 0 Å². The molecule has 0 aliphatic carbocycles. The molecule has 0 unspecified atom stereocenters. The highest BCUT2D eigenvalue weighted by Gasteiger charge is 2.41. The molecule has 0 atom stereocenters. The summed E-state index contributed by atoms with van der Waals surface area (Å²) in [4.78, 5) is 2.55. The second kappa shape index (κ2) is 13.2. The number of nitrogens with zero attached hydrogens (tertiary/aromatic N) is 3. The van der Waals surface area contributed by atoms with Crippen molar-refractivity contribution >= 4 is 60.7 Å². The highest BCUT2D eigenvalue weighted by molar-refractivity contribution is 6.18. The van der Waals surface area contributed by atoms with Crippen molar-refractivity contribution in [3.05, 3.63) is 223 Å². The summed E-state index contributed by atoms with van der Waals surface area (Å²) >= 11 is 0. The topological polar surface area (TPSA) is 13.1 Å². The largest absolute Gasteiger partial charge is 0.309 e. The van der Waals surface area contributed by atoms with Crippen LogP contribution in [0.4, 0.5) is 17.1 Å². The molecule has 0 radical (unpaired) electrons. The number of anilines is 3. The van der Waals surface area contributed by atoms with Gasteiger partial charge in [0.2, 0.25) is 0 Å². The van der Waals surface area contributed by atoms with E-state index in [0.717, 1.165) is 17.1 Å². The SMILES string of the molecule is CC1(C)c2ccc3c4ccccc4n(-c4ccc(-c5ccccc5)cc4)c3c2N(c2ccccc2)c2ccc3c4ccccc4n(-c4cccc(-c5ccccc5)c4)c3c21. The van der Waals surface area contributed by atoms with Gasteiger partial charge in [-0.2, -0.15) is 0 Å². The average Bonchev–Trinajstić information content (AvgIpc) is 3.83. The molecular weight excluding hydrogens is 727 g/mol. The maximum absolute atomic E-state index is 2.55. The molecule has 11 aromatic rings. The second-order valence-electron chi connectivity index (χ2n) is 16.5. The zero-order valence-electron chi connectivity index (χ0n) is 33.5. The van der Waals surface area contributed by atoms with Gasteiger partial charge in [0.15, 0.2) is 0 Å². The van der Waals surface area contributed by atoms with Crippen LogP contribution in [0.25, 0.3) is 77.2 Å². The zero-order valence-corrected chi connectivity index (χ0v) is 33.5. The number of fused-ring (bicyclic) bond motifs is 10. The summed E-state index contributed by atoms with van der Waals surface area (Å²) in [5, 5.41) is 4.99. The summed E-state index contributed by atoms with van der Waals surface area (Å²) < 4.78 is 5.02. The molecular formula is C57H41N3. The van der Waals surface area contributed by atoms with Crippen LogP contribution in [0.1, 0.15) is 25.0 Å². The molecule has 0 spiro atoms. The minimum atomic E-state index is -0.398. The van der Waals surface area contributed by atoms with Crippen LogP contribution in [-0.4, -0.2) is 9.13 Å². The predicted octanol–water partition coefficient (Wildman–Crippen LogP) is 15.3. The van der Waals surface area contributed by atoms with Crippen molar-refractivity contribution < 1.29 is 0 Å². The summed E-state index contributed by atoms with van der Waals surface area (Å²) in [6.07, 6.45) is 0. The standard InChI is InChI=1S/C57H41N3/c1-57(2)49-35-33-48-46-26-13-14-27-50(46)58(43-31-29-40(30-32-43)38-17-6-3-7-18-38)55(48)56(49)59(42-22-10-5-11-23-42)52-36-34-47-45-25-12-15-28-51(45)60(54(47)53(52)57)44-24-16-21-41(37-44)39-19-8-4-9-20-39/h3-37H,1-2H3. The Hall–Kier alpha value is -7.62. The number of para-hydroxylation sites is 3. The predicted molar refractivity (Wildman–Crippen MR) is 253 cm³/mol. The van der Waals surface area contributed by atoms with Gasteiger partial charge in [0.25, 0.3) is 0 Å². The Bertz CT molecular complexity index is 3430. The third-order valence-electron chi connectivity index (χ3n) is 12.8. The van der Waals surface area contributed by atoms with Crippen LogP contribution in [0.5, 0.6) is 0 Å². The van der Waals surface area contributed by atoms with E-state index in [1.807, 2.05) is 0 Å². The smallest absolute Gasteiger partial charge is 0.0785 e. The fourth-order valence-corrected chi connectivity index (χ4v) is 10.1. The number of hydrogen-bond acceptors (Lipinski definition) is 1. The third kappa shape index (κ3) is 5.02. The third-order valence-corrected chi connectivity index (χ3v) is 12.8. The molecule has 3 heterocycles. The van der Waals surface area contributed by atoms with Crippen molar-refractivity contribution in [3.8, 4) is 33.6 Å². The fraction of sp³-hybridized carbons (Fsp3) is 0.0526. The molecule has 60 heavy (non-hydrogen) atoms. The van der Waals surface area contributed by atoms with Gasteiger partial charge in [0.05, 0.1) is 33.4 Å². The number of rotatable bonds is 5. The molecule has 1 aliphatic rings. The molecule has 0 amide bonds. The van der Waals surface area contributed by atoms with E-state index in [1.54, 1.807) is 0 Å². The minimum Gasteiger partial charge on any atom is -0.309 e. The number of hydrogen-bond donors (Lipinski definition) is 0. The van der Waals surface area contributed by atoms with Crippen LogP contribution >= 0.6 is 0 Å². The van der Waals surface area contributed by atoms with Gasteiger partial charge in [-0.15, -0.1) is 0 Å². The summed E-state index contributed by atoms with van der Waals surface area (Å²) in [7, 11) is 0. The Morgan fingerprint density at radius 3 is 1.52 bits per heavy atom. The first kappa shape index (κ1) is 34.4. The van der Waals surface area contributed by atoms with Gasteiger partial charge in [-0.05, 0) is 82.4 Å². The zero-order chi connectivity index (χ0) is 40.0. The molecule has 0 N–H and O–H groups in total. The molecule has 3 heteroatoms. The van der Waals surface area contributed by atoms with Crippen LogP contribution in [0.2, 0.25) is 0 Å². The maximum atomic E-state index is 2.55. The normalized spacial score (nSPS) is 13.3. The van der Waals surface area contributed by atoms with Crippen molar-refractivity contribution in [1.82, 2.24) is 9.13 Å². The Kier molecular flexibility index (Phi) is 7.58. The summed E-state index contributed by atoms with van der Waals surface area (Å²) in [6, 6.07) is 77.8. The van der Waals surface area contributed by atoms with Crippen molar-refractivity contribution in [3.63, 3.8) is 0 Å². The van der Waals surface area contributed by atoms with E-state index in [-0.39, 0.29) is 0 Å². The van der Waals surface area contributed by atoms with Crippen LogP contribution in [0.15, 0.2) is 212 Å². The van der Waals surface area contributed by atoms with Crippen molar-refractivity contribution in [2.24, 2.45) is 0 Å². The van der Waals surface area contributed by atoms with E-state index in [9.17, 15) is 0 Å². The molecule has 3 nitrogen and oxygen atoms in total. The van der Waals surface area contributed by atoms with Gasteiger partial charge in [0, 0.05) is 49.6 Å². The first-order valence-corrected chi connectivity index (χ1v) is 20.9. The first-order valence-electron chi connectivity index (χ1n) is 20.9. The van der Waals surface area contributed by atoms with E-state index in [1.165, 1.54) is 88.4 Å². The molecule has 2 aromatic heterocycles. The Balaban J connectivity index is 1.18. The quantitative estimate of drug-likeness (QED) is 0.170. The highest BCUT2D eigenvalue weighted by atomic mass is 15.2. The fourth-order valence-electron chi connectivity index (χ4n) is 10.1. The van der Waals surface area contributed by atoms with E-state index < -0.39 is 5.41 Å². The van der Waals surface area contributed by atoms with Gasteiger partial charge in [-0.25, -0.2) is 0 Å². The van der Waals surface area contributed by atoms with Crippen LogP contribution < -0.4 is 4.90 Å². The minimum absolute atomic E-state index is 0.398. The lowest BCUT2D eigenvalue weighted by atomic mass is 9.72. The summed E-state index contributed by atoms with van der Waals surface area (Å²) in [5.41, 5.74) is 17.7. The van der Waals surface area contributed by atoms with Crippen molar-refractivity contribution in [1.29, 1.82) is 0 Å². The van der Waals surface area contributed by atoms with Crippen LogP contribution in [-0.2, 0) is 5.41 Å². The highest BCUT2D eigenvalue weighted by Crippen LogP contribution is 2.58. The van der Waals surface area contributed by atoms with E-state index in [4.69, 9.17) is 0 Å². The Morgan fingerprint density at radius 1 is 0.350 bits per heavy atom. The Morgan fingerprint density at radius 2 is 0.850 bits per heavy atom. The monoisotopic (exact) mass is 767 g/mol. The lowest BCUT2D eigenvalue weighted by Gasteiger charge is -2.43. The molecule has 1 aliphatic heterocycles. The van der Waals surface area contributed by atoms with Gasteiger partial charge in [0.1, 0.15) is 0 Å². The van der Waals surface area contributed by atoms with E-state index in [2.05, 4.69) is 240 Å². The maximum Gasteiger partial charge on any atom is 0.0785 e. The van der Waals surface area contributed by atoms with Crippen LogP contribution in [0, 0.1) is 0 Å². The molecule has 12 rings (SSSR count). The number of aromatic nitrogens is 2. The van der Waals surface area contributed by atoms with Gasteiger partial charge < -0.3 is 14.0 Å². The summed E-state index contributed by atoms with van der Waals surface area (Å²) in [6.45, 7) is 4.87. The second-order valence-corrected chi connectivity index (χ2v) is 16.5. The lowest BCUT2D eigenvalue weighted by Crippen LogP contribution is -2.31. The van der Waals surface area contributed by atoms with E-state index >= 15 is 0 Å². The first-order chi connectivity index (χ1) is 29.6. The molecule has 9 aromatic carbocycles. The molecule has 0 bridgehead atoms. The van der Waals surface area contributed by atoms with Crippen molar-refractivity contribution in [2.45, 2.75) is 19.3 Å². The molecule has 0 saturated heterocycles. The Labute approximate surface area is 349 Å². The summed E-state index contributed by atoms with van der Waals surface area (Å²) in [5.74, 6) is 0. The average molecular weight is 768 g/mol. The van der Waals surface area contributed by atoms with Crippen LogP contribution in [0.3, 0.4) is 0 Å². The van der Waals surface area contributed by atoms with E-state index in [0.29, 0.717) is 0 Å². The number of benzene rings is 9.